The molecule has 3 rings (SSSR count). The fraction of sp³-hybridized carbons (Fsp3) is 0.632. The number of hydrogen-bond acceptors (Lipinski definition) is 6. The summed E-state index contributed by atoms with van der Waals surface area (Å²) in [5.41, 5.74) is 0.524. The molecule has 1 aromatic carbocycles. The molecule has 0 atom stereocenters. The van der Waals surface area contributed by atoms with Crippen LogP contribution in [0.25, 0.3) is 0 Å². The Hall–Kier alpha value is -2.00. The van der Waals surface area contributed by atoms with Crippen molar-refractivity contribution in [3.8, 4) is 11.5 Å². The van der Waals surface area contributed by atoms with E-state index >= 15 is 0 Å². The molecule has 0 bridgehead atoms. The summed E-state index contributed by atoms with van der Waals surface area (Å²) in [5, 5.41) is 0. The number of piperazine rings is 1. The third kappa shape index (κ3) is 5.08. The van der Waals surface area contributed by atoms with Gasteiger partial charge in [0.15, 0.2) is 11.5 Å². The monoisotopic (exact) mass is 411 g/mol. The smallest absolute Gasteiger partial charge is 0.232 e. The second kappa shape index (κ2) is 9.00. The van der Waals surface area contributed by atoms with Crippen LogP contribution in [0.15, 0.2) is 18.2 Å². The molecule has 8 nitrogen and oxygen atoms in total. The molecule has 1 aromatic rings. The van der Waals surface area contributed by atoms with Gasteiger partial charge in [0.2, 0.25) is 15.9 Å². The van der Waals surface area contributed by atoms with Gasteiger partial charge >= 0.3 is 0 Å². The van der Waals surface area contributed by atoms with E-state index in [-0.39, 0.29) is 12.5 Å². The molecule has 0 saturated carbocycles. The summed E-state index contributed by atoms with van der Waals surface area (Å²) in [6.07, 6.45) is 1.98. The molecule has 9 heteroatoms. The van der Waals surface area contributed by atoms with Gasteiger partial charge in [-0.15, -0.1) is 0 Å². The van der Waals surface area contributed by atoms with E-state index in [0.717, 1.165) is 32.7 Å². The van der Waals surface area contributed by atoms with Gasteiger partial charge in [0.1, 0.15) is 13.2 Å². The first-order valence-electron chi connectivity index (χ1n) is 9.76. The third-order valence-electron chi connectivity index (χ3n) is 5.14. The average Bonchev–Trinajstić information content (AvgIpc) is 2.70. The van der Waals surface area contributed by atoms with Crippen LogP contribution in [0.5, 0.6) is 11.5 Å². The maximum Gasteiger partial charge on any atom is 0.232 e. The fourth-order valence-electron chi connectivity index (χ4n) is 3.52. The van der Waals surface area contributed by atoms with Crippen molar-refractivity contribution in [3.05, 3.63) is 18.2 Å². The molecule has 0 N–H and O–H groups in total. The van der Waals surface area contributed by atoms with E-state index in [2.05, 4.69) is 11.8 Å². The van der Waals surface area contributed by atoms with E-state index in [9.17, 15) is 13.2 Å². The lowest BCUT2D eigenvalue weighted by molar-refractivity contribution is -0.132. The first-order chi connectivity index (χ1) is 13.4. The number of amides is 1. The standard InChI is InChI=1S/C19H29N3O5S/c1-3-20-9-11-21(12-10-20)19(23)5-4-8-22(28(2,24)25)16-6-7-17-18(15-16)27-14-13-26-17/h6-7,15H,3-5,8-14H2,1-2H3. The Kier molecular flexibility index (Phi) is 6.66. The first kappa shape index (κ1) is 20.7. The highest BCUT2D eigenvalue weighted by atomic mass is 32.2. The topological polar surface area (TPSA) is 79.4 Å². The minimum Gasteiger partial charge on any atom is -0.486 e. The summed E-state index contributed by atoms with van der Waals surface area (Å²) in [7, 11) is -3.47. The van der Waals surface area contributed by atoms with Gasteiger partial charge in [0.25, 0.3) is 0 Å². The molecular weight excluding hydrogens is 382 g/mol. The number of fused-ring (bicyclic) bond motifs is 1. The maximum absolute atomic E-state index is 12.5. The van der Waals surface area contributed by atoms with Gasteiger partial charge in [-0.25, -0.2) is 8.42 Å². The van der Waals surface area contributed by atoms with Crippen molar-refractivity contribution in [3.63, 3.8) is 0 Å². The second-order valence-corrected chi connectivity index (χ2v) is 8.99. The van der Waals surface area contributed by atoms with Gasteiger partial charge in [0, 0.05) is 45.2 Å². The number of benzene rings is 1. The lowest BCUT2D eigenvalue weighted by Gasteiger charge is -2.34. The lowest BCUT2D eigenvalue weighted by Crippen LogP contribution is -2.48. The first-order valence-corrected chi connectivity index (χ1v) is 11.6. The molecule has 0 spiro atoms. The van der Waals surface area contributed by atoms with Crippen LogP contribution < -0.4 is 13.8 Å². The van der Waals surface area contributed by atoms with E-state index in [1.165, 1.54) is 10.6 Å². The van der Waals surface area contributed by atoms with Gasteiger partial charge in [-0.05, 0) is 25.1 Å². The maximum atomic E-state index is 12.5. The Morgan fingerprint density at radius 1 is 1.11 bits per heavy atom. The Bertz CT molecular complexity index is 791. The zero-order valence-corrected chi connectivity index (χ0v) is 17.4. The predicted molar refractivity (Wildman–Crippen MR) is 108 cm³/mol. The van der Waals surface area contributed by atoms with Crippen molar-refractivity contribution in [2.24, 2.45) is 0 Å². The number of anilines is 1. The minimum atomic E-state index is -3.47. The summed E-state index contributed by atoms with van der Waals surface area (Å²) < 4.78 is 37.0. The Labute approximate surface area is 167 Å². The minimum absolute atomic E-state index is 0.0892. The van der Waals surface area contributed by atoms with Crippen LogP contribution in [0.1, 0.15) is 19.8 Å². The van der Waals surface area contributed by atoms with Crippen LogP contribution in [0.2, 0.25) is 0 Å². The zero-order valence-electron chi connectivity index (χ0n) is 16.6. The number of hydrogen-bond donors (Lipinski definition) is 0. The molecular formula is C19H29N3O5S. The highest BCUT2D eigenvalue weighted by Crippen LogP contribution is 2.34. The summed E-state index contributed by atoms with van der Waals surface area (Å²) in [5.74, 6) is 1.25. The zero-order chi connectivity index (χ0) is 20.1. The average molecular weight is 412 g/mol. The highest BCUT2D eigenvalue weighted by molar-refractivity contribution is 7.92. The molecule has 156 valence electrons. The third-order valence-corrected chi connectivity index (χ3v) is 6.33. The van der Waals surface area contributed by atoms with Gasteiger partial charge in [-0.2, -0.15) is 0 Å². The summed E-state index contributed by atoms with van der Waals surface area (Å²) in [4.78, 5) is 16.6. The van der Waals surface area contributed by atoms with E-state index in [4.69, 9.17) is 9.47 Å². The summed E-state index contributed by atoms with van der Waals surface area (Å²) in [6, 6.07) is 5.11. The van der Waals surface area contributed by atoms with Crippen LogP contribution in [-0.4, -0.2) is 82.9 Å². The van der Waals surface area contributed by atoms with Crippen molar-refractivity contribution in [1.82, 2.24) is 9.80 Å². The SMILES string of the molecule is CCN1CCN(C(=O)CCCN(c2ccc3c(c2)OCCO3)S(C)(=O)=O)CC1. The second-order valence-electron chi connectivity index (χ2n) is 7.08. The molecule has 1 saturated heterocycles. The van der Waals surface area contributed by atoms with Crippen molar-refractivity contribution < 1.29 is 22.7 Å². The summed E-state index contributed by atoms with van der Waals surface area (Å²) >= 11 is 0. The molecule has 1 fully saturated rings. The molecule has 0 unspecified atom stereocenters. The number of sulfonamides is 1. The van der Waals surface area contributed by atoms with Gasteiger partial charge in [-0.1, -0.05) is 6.92 Å². The number of carbonyl (C=O) groups is 1. The van der Waals surface area contributed by atoms with Crippen LogP contribution in [0.4, 0.5) is 5.69 Å². The molecule has 28 heavy (non-hydrogen) atoms. The van der Waals surface area contributed by atoms with Crippen LogP contribution in [0, 0.1) is 0 Å². The van der Waals surface area contributed by atoms with Crippen molar-refractivity contribution in [1.29, 1.82) is 0 Å². The molecule has 2 aliphatic heterocycles. The van der Waals surface area contributed by atoms with Gasteiger partial charge in [0.05, 0.1) is 11.9 Å². The number of likely N-dealkylation sites (N-methyl/N-ethyl adjacent to an activating group) is 1. The number of ether oxygens (including phenoxy) is 2. The number of rotatable bonds is 7. The largest absolute Gasteiger partial charge is 0.486 e. The lowest BCUT2D eigenvalue weighted by atomic mass is 10.2. The Morgan fingerprint density at radius 3 is 2.43 bits per heavy atom. The molecule has 0 aromatic heterocycles. The fourth-order valence-corrected chi connectivity index (χ4v) is 4.48. The van der Waals surface area contributed by atoms with Crippen LogP contribution >= 0.6 is 0 Å². The Morgan fingerprint density at radius 2 is 1.79 bits per heavy atom. The number of nitrogens with zero attached hydrogens (tertiary/aromatic N) is 3. The van der Waals surface area contributed by atoms with Crippen LogP contribution in [0.3, 0.4) is 0 Å². The van der Waals surface area contributed by atoms with E-state index in [0.29, 0.717) is 43.2 Å². The van der Waals surface area contributed by atoms with Crippen molar-refractivity contribution in [2.45, 2.75) is 19.8 Å². The predicted octanol–water partition coefficient (Wildman–Crippen LogP) is 1.17. The summed E-state index contributed by atoms with van der Waals surface area (Å²) in [6.45, 7) is 7.57. The quantitative estimate of drug-likeness (QED) is 0.670. The molecule has 1 amide bonds. The van der Waals surface area contributed by atoms with Crippen molar-refractivity contribution >= 4 is 21.6 Å². The molecule has 2 aliphatic rings. The van der Waals surface area contributed by atoms with Crippen molar-refractivity contribution in [2.75, 3.05) is 63.0 Å². The van der Waals surface area contributed by atoms with Crippen LogP contribution in [-0.2, 0) is 14.8 Å². The normalized spacial score (nSPS) is 17.4. The van der Waals surface area contributed by atoms with Gasteiger partial charge < -0.3 is 19.3 Å². The molecule has 0 radical (unpaired) electrons. The van der Waals surface area contributed by atoms with E-state index in [1.54, 1.807) is 18.2 Å². The Balaban J connectivity index is 1.59. The molecule has 0 aliphatic carbocycles. The molecule has 2 heterocycles. The highest BCUT2D eigenvalue weighted by Gasteiger charge is 2.23. The number of carbonyl (C=O) groups excluding carboxylic acids is 1. The van der Waals surface area contributed by atoms with Gasteiger partial charge in [-0.3, -0.25) is 9.10 Å². The van der Waals surface area contributed by atoms with E-state index < -0.39 is 10.0 Å². The van der Waals surface area contributed by atoms with E-state index in [1.807, 2.05) is 4.90 Å².